The molecule has 0 aliphatic rings. The van der Waals surface area contributed by atoms with Crippen LogP contribution >= 0.6 is 11.8 Å². The molecular weight excluding hydrogens is 338 g/mol. The van der Waals surface area contributed by atoms with Crippen LogP contribution in [0.25, 0.3) is 22.8 Å². The first-order chi connectivity index (χ1) is 12.2. The Morgan fingerprint density at radius 1 is 1.12 bits per heavy atom. The molecule has 0 atom stereocenters. The van der Waals surface area contributed by atoms with Crippen LogP contribution in [0, 0.1) is 6.92 Å². The van der Waals surface area contributed by atoms with Crippen molar-refractivity contribution in [1.82, 2.24) is 24.9 Å². The molecule has 3 heterocycles. The summed E-state index contributed by atoms with van der Waals surface area (Å²) in [6, 6.07) is 11.6. The van der Waals surface area contributed by atoms with Gasteiger partial charge in [-0.2, -0.15) is 4.98 Å². The fourth-order valence-electron chi connectivity index (χ4n) is 2.44. The van der Waals surface area contributed by atoms with Gasteiger partial charge in [-0.15, -0.1) is 10.2 Å². The summed E-state index contributed by atoms with van der Waals surface area (Å²) in [7, 11) is 1.92. The van der Waals surface area contributed by atoms with Gasteiger partial charge in [0.25, 0.3) is 0 Å². The highest BCUT2D eigenvalue weighted by atomic mass is 32.2. The normalized spacial score (nSPS) is 11.1. The maximum atomic E-state index is 5.34. The second-order valence-electron chi connectivity index (χ2n) is 5.42. The topological polar surface area (TPSA) is 82.8 Å². The average molecular weight is 353 g/mol. The third-order valence-electron chi connectivity index (χ3n) is 3.76. The van der Waals surface area contributed by atoms with E-state index in [1.807, 2.05) is 54.9 Å². The molecule has 0 aliphatic heterocycles. The molecule has 0 saturated carbocycles. The zero-order valence-corrected chi connectivity index (χ0v) is 14.5. The first-order valence-electron chi connectivity index (χ1n) is 7.67. The summed E-state index contributed by atoms with van der Waals surface area (Å²) >= 11 is 1.50. The molecule has 126 valence electrons. The summed E-state index contributed by atoms with van der Waals surface area (Å²) < 4.78 is 12.6. The van der Waals surface area contributed by atoms with Crippen LogP contribution in [0.2, 0.25) is 0 Å². The first-order valence-corrected chi connectivity index (χ1v) is 8.65. The number of thioether (sulfide) groups is 1. The smallest absolute Gasteiger partial charge is 0.237 e. The van der Waals surface area contributed by atoms with E-state index in [1.54, 1.807) is 6.26 Å². The minimum Gasteiger partial charge on any atom is -0.469 e. The number of hydrogen-bond donors (Lipinski definition) is 0. The van der Waals surface area contributed by atoms with Gasteiger partial charge >= 0.3 is 0 Å². The van der Waals surface area contributed by atoms with Crippen molar-refractivity contribution in [3.05, 3.63) is 54.3 Å². The molecule has 0 bridgehead atoms. The molecular formula is C17H15N5O2S. The number of furan rings is 1. The molecule has 1 aromatic carbocycles. The fourth-order valence-corrected chi connectivity index (χ4v) is 3.18. The molecule has 0 unspecified atom stereocenters. The third kappa shape index (κ3) is 3.08. The van der Waals surface area contributed by atoms with Crippen LogP contribution in [0.3, 0.4) is 0 Å². The molecule has 0 spiro atoms. The summed E-state index contributed by atoms with van der Waals surface area (Å²) in [6.07, 6.45) is 1.65. The lowest BCUT2D eigenvalue weighted by molar-refractivity contribution is 0.391. The van der Waals surface area contributed by atoms with Crippen molar-refractivity contribution < 1.29 is 8.94 Å². The van der Waals surface area contributed by atoms with E-state index in [4.69, 9.17) is 8.94 Å². The van der Waals surface area contributed by atoms with Gasteiger partial charge in [0, 0.05) is 12.6 Å². The molecule has 0 aliphatic carbocycles. The third-order valence-corrected chi connectivity index (χ3v) is 4.76. The zero-order chi connectivity index (χ0) is 17.2. The number of aryl methyl sites for hydroxylation is 1. The van der Waals surface area contributed by atoms with Crippen molar-refractivity contribution in [3.63, 3.8) is 0 Å². The molecule has 0 N–H and O–H groups in total. The predicted octanol–water partition coefficient (Wildman–Crippen LogP) is 3.73. The Labute approximate surface area is 148 Å². The van der Waals surface area contributed by atoms with E-state index in [2.05, 4.69) is 20.3 Å². The molecule has 25 heavy (non-hydrogen) atoms. The van der Waals surface area contributed by atoms with Gasteiger partial charge in [0.1, 0.15) is 5.76 Å². The van der Waals surface area contributed by atoms with Crippen LogP contribution in [0.5, 0.6) is 0 Å². The summed E-state index contributed by atoms with van der Waals surface area (Å²) in [5, 5.41) is 13.3. The average Bonchev–Trinajstić information content (AvgIpc) is 3.35. The molecule has 8 heteroatoms. The van der Waals surface area contributed by atoms with Crippen LogP contribution < -0.4 is 0 Å². The molecule has 0 saturated heterocycles. The van der Waals surface area contributed by atoms with Crippen molar-refractivity contribution in [3.8, 4) is 22.8 Å². The SMILES string of the molecule is Cc1occc1-c1nnc(SCc2nc(-c3ccccc3)no2)n1C. The zero-order valence-electron chi connectivity index (χ0n) is 13.7. The van der Waals surface area contributed by atoms with Crippen molar-refractivity contribution >= 4 is 11.8 Å². The van der Waals surface area contributed by atoms with Crippen LogP contribution in [0.4, 0.5) is 0 Å². The first kappa shape index (κ1) is 15.6. The van der Waals surface area contributed by atoms with Crippen LogP contribution in [-0.4, -0.2) is 24.9 Å². The lowest BCUT2D eigenvalue weighted by Crippen LogP contribution is -1.95. The minimum absolute atomic E-state index is 0.524. The minimum atomic E-state index is 0.524. The Balaban J connectivity index is 1.49. The summed E-state index contributed by atoms with van der Waals surface area (Å²) in [4.78, 5) is 4.42. The number of nitrogens with zero attached hydrogens (tertiary/aromatic N) is 5. The maximum Gasteiger partial charge on any atom is 0.237 e. The van der Waals surface area contributed by atoms with E-state index in [-0.39, 0.29) is 0 Å². The number of benzene rings is 1. The van der Waals surface area contributed by atoms with Gasteiger partial charge in [0.15, 0.2) is 11.0 Å². The molecule has 4 rings (SSSR count). The van der Waals surface area contributed by atoms with E-state index < -0.39 is 0 Å². The summed E-state index contributed by atoms with van der Waals surface area (Å²) in [5.74, 6) is 3.24. The Bertz CT molecular complexity index is 990. The quantitative estimate of drug-likeness (QED) is 0.506. The van der Waals surface area contributed by atoms with Gasteiger partial charge in [0.05, 0.1) is 17.6 Å². The fraction of sp³-hybridized carbons (Fsp3) is 0.176. The highest BCUT2D eigenvalue weighted by molar-refractivity contribution is 7.98. The Kier molecular flexibility index (Phi) is 4.10. The molecule has 0 radical (unpaired) electrons. The monoisotopic (exact) mass is 353 g/mol. The van der Waals surface area contributed by atoms with Crippen LogP contribution in [0.1, 0.15) is 11.7 Å². The van der Waals surface area contributed by atoms with Crippen molar-refractivity contribution in [2.24, 2.45) is 7.05 Å². The van der Waals surface area contributed by atoms with Crippen molar-refractivity contribution in [1.29, 1.82) is 0 Å². The Morgan fingerprint density at radius 2 is 1.96 bits per heavy atom. The highest BCUT2D eigenvalue weighted by Gasteiger charge is 2.16. The van der Waals surface area contributed by atoms with Gasteiger partial charge in [0.2, 0.25) is 11.7 Å². The maximum absolute atomic E-state index is 5.34. The predicted molar refractivity (Wildman–Crippen MR) is 92.7 cm³/mol. The number of aromatic nitrogens is 5. The van der Waals surface area contributed by atoms with Gasteiger partial charge in [-0.3, -0.25) is 0 Å². The molecule has 7 nitrogen and oxygen atoms in total. The van der Waals surface area contributed by atoms with Gasteiger partial charge in [-0.05, 0) is 13.0 Å². The molecule has 3 aromatic heterocycles. The highest BCUT2D eigenvalue weighted by Crippen LogP contribution is 2.27. The van der Waals surface area contributed by atoms with Crippen molar-refractivity contribution in [2.75, 3.05) is 0 Å². The second kappa shape index (κ2) is 6.56. The standard InChI is InChI=1S/C17H15N5O2S/c1-11-13(8-9-23-11)16-19-20-17(22(16)2)25-10-14-18-15(21-24-14)12-6-4-3-5-7-12/h3-9H,10H2,1-2H3. The van der Waals surface area contributed by atoms with Crippen LogP contribution in [0.15, 0.2) is 56.8 Å². The largest absolute Gasteiger partial charge is 0.469 e. The van der Waals surface area contributed by atoms with E-state index in [0.29, 0.717) is 17.5 Å². The summed E-state index contributed by atoms with van der Waals surface area (Å²) in [6.45, 7) is 1.90. The number of rotatable bonds is 5. The number of hydrogen-bond acceptors (Lipinski definition) is 7. The van der Waals surface area contributed by atoms with Crippen molar-refractivity contribution in [2.45, 2.75) is 17.8 Å². The Morgan fingerprint density at radius 3 is 2.72 bits per heavy atom. The lowest BCUT2D eigenvalue weighted by Gasteiger charge is -2.01. The molecule has 0 fully saturated rings. The lowest BCUT2D eigenvalue weighted by atomic mass is 10.2. The Hall–Kier alpha value is -2.87. The van der Waals surface area contributed by atoms with E-state index >= 15 is 0 Å². The molecule has 0 amide bonds. The van der Waals surface area contributed by atoms with Gasteiger partial charge in [-0.1, -0.05) is 47.3 Å². The van der Waals surface area contributed by atoms with Crippen LogP contribution in [-0.2, 0) is 12.8 Å². The molecule has 4 aromatic rings. The summed E-state index contributed by atoms with van der Waals surface area (Å²) in [5.41, 5.74) is 1.87. The second-order valence-corrected chi connectivity index (χ2v) is 6.36. The van der Waals surface area contributed by atoms with Gasteiger partial charge < -0.3 is 13.5 Å². The van der Waals surface area contributed by atoms with E-state index in [9.17, 15) is 0 Å². The van der Waals surface area contributed by atoms with E-state index in [0.717, 1.165) is 27.9 Å². The van der Waals surface area contributed by atoms with Gasteiger partial charge in [-0.25, -0.2) is 0 Å². The van der Waals surface area contributed by atoms with E-state index in [1.165, 1.54) is 11.8 Å².